The van der Waals surface area contributed by atoms with Gasteiger partial charge in [0.2, 0.25) is 0 Å². The van der Waals surface area contributed by atoms with Gasteiger partial charge in [0.15, 0.2) is 0 Å². The van der Waals surface area contributed by atoms with Crippen LogP contribution in [0.3, 0.4) is 0 Å². The summed E-state index contributed by atoms with van der Waals surface area (Å²) in [7, 11) is 0. The minimum atomic E-state index is -0.112. The highest BCUT2D eigenvalue weighted by Crippen LogP contribution is 2.35. The number of hydrogen-bond acceptors (Lipinski definition) is 3. The van der Waals surface area contributed by atoms with E-state index in [2.05, 4.69) is 18.3 Å². The standard InChI is InChI=1S/C17H26N2O3/c1-3-4-9-19(10-11-20)17(21)18-13(2)15-12-22-16-8-6-5-7-14(15)16/h5-8,13,15,20H,3-4,9-12H2,1-2H3,(H,18,21). The van der Waals surface area contributed by atoms with Crippen molar-refractivity contribution in [1.82, 2.24) is 10.2 Å². The van der Waals surface area contributed by atoms with E-state index >= 15 is 0 Å². The van der Waals surface area contributed by atoms with Crippen molar-refractivity contribution in [3.63, 3.8) is 0 Å². The van der Waals surface area contributed by atoms with Crippen LogP contribution < -0.4 is 10.1 Å². The number of hydrogen-bond donors (Lipinski definition) is 2. The first kappa shape index (κ1) is 16.6. The molecule has 5 nitrogen and oxygen atoms in total. The number of nitrogens with one attached hydrogen (secondary N) is 1. The molecule has 2 unspecified atom stereocenters. The Kier molecular flexibility index (Phi) is 6.07. The number of ether oxygens (including phenoxy) is 1. The Labute approximate surface area is 132 Å². The van der Waals surface area contributed by atoms with Crippen LogP contribution in [0.5, 0.6) is 5.75 Å². The molecule has 22 heavy (non-hydrogen) atoms. The van der Waals surface area contributed by atoms with Crippen molar-refractivity contribution < 1.29 is 14.6 Å². The largest absolute Gasteiger partial charge is 0.493 e. The summed E-state index contributed by atoms with van der Waals surface area (Å²) < 4.78 is 5.68. The van der Waals surface area contributed by atoms with Gasteiger partial charge in [-0.3, -0.25) is 0 Å². The summed E-state index contributed by atoms with van der Waals surface area (Å²) in [6, 6.07) is 7.84. The summed E-state index contributed by atoms with van der Waals surface area (Å²) in [6.07, 6.45) is 1.96. The van der Waals surface area contributed by atoms with E-state index in [1.165, 1.54) is 0 Å². The fourth-order valence-corrected chi connectivity index (χ4v) is 2.77. The number of amides is 2. The zero-order valence-corrected chi connectivity index (χ0v) is 13.4. The van der Waals surface area contributed by atoms with Crippen molar-refractivity contribution >= 4 is 6.03 Å². The number of unbranched alkanes of at least 4 members (excludes halogenated alkanes) is 1. The van der Waals surface area contributed by atoms with E-state index in [-0.39, 0.29) is 24.6 Å². The minimum Gasteiger partial charge on any atom is -0.493 e. The normalized spacial score (nSPS) is 17.5. The second kappa shape index (κ2) is 8.03. The Hall–Kier alpha value is -1.75. The Morgan fingerprint density at radius 3 is 2.95 bits per heavy atom. The Morgan fingerprint density at radius 2 is 2.23 bits per heavy atom. The number of fused-ring (bicyclic) bond motifs is 1. The highest BCUT2D eigenvalue weighted by atomic mass is 16.5. The molecule has 2 amide bonds. The highest BCUT2D eigenvalue weighted by molar-refractivity contribution is 5.74. The SMILES string of the molecule is CCCCN(CCO)C(=O)NC(C)C1COc2ccccc21. The number of benzene rings is 1. The van der Waals surface area contributed by atoms with Gasteiger partial charge >= 0.3 is 6.03 Å². The molecule has 1 aliphatic heterocycles. The van der Waals surface area contributed by atoms with E-state index in [1.807, 2.05) is 25.1 Å². The molecule has 1 aliphatic rings. The van der Waals surface area contributed by atoms with Crippen LogP contribution >= 0.6 is 0 Å². The third-order valence-corrected chi connectivity index (χ3v) is 4.13. The molecule has 0 aliphatic carbocycles. The monoisotopic (exact) mass is 306 g/mol. The van der Waals surface area contributed by atoms with Crippen LogP contribution in [0.15, 0.2) is 24.3 Å². The lowest BCUT2D eigenvalue weighted by molar-refractivity contribution is 0.171. The molecule has 2 atom stereocenters. The fraction of sp³-hybridized carbons (Fsp3) is 0.588. The Morgan fingerprint density at radius 1 is 1.45 bits per heavy atom. The van der Waals surface area contributed by atoms with Crippen molar-refractivity contribution in [2.24, 2.45) is 0 Å². The average Bonchev–Trinajstić information content (AvgIpc) is 2.95. The Bertz CT molecular complexity index is 493. The molecule has 0 saturated carbocycles. The molecule has 1 heterocycles. The summed E-state index contributed by atoms with van der Waals surface area (Å²) in [6.45, 7) is 5.72. The zero-order chi connectivity index (χ0) is 15.9. The van der Waals surface area contributed by atoms with Crippen LogP contribution in [-0.4, -0.2) is 48.4 Å². The van der Waals surface area contributed by atoms with Crippen LogP contribution in [0.25, 0.3) is 0 Å². The first-order valence-electron chi connectivity index (χ1n) is 8.05. The smallest absolute Gasteiger partial charge is 0.317 e. The minimum absolute atomic E-state index is 0.0130. The van der Waals surface area contributed by atoms with Gasteiger partial charge in [-0.05, 0) is 19.4 Å². The molecule has 2 N–H and O–H groups in total. The number of nitrogens with zero attached hydrogens (tertiary/aromatic N) is 1. The topological polar surface area (TPSA) is 61.8 Å². The van der Waals surface area contributed by atoms with Gasteiger partial charge in [-0.15, -0.1) is 0 Å². The lowest BCUT2D eigenvalue weighted by atomic mass is 9.94. The molecule has 0 fully saturated rings. The average molecular weight is 306 g/mol. The molecule has 122 valence electrons. The second-order valence-corrected chi connectivity index (χ2v) is 5.76. The number of carbonyl (C=O) groups is 1. The van der Waals surface area contributed by atoms with E-state index in [0.29, 0.717) is 19.7 Å². The van der Waals surface area contributed by atoms with Crippen LogP contribution in [-0.2, 0) is 0 Å². The predicted molar refractivity (Wildman–Crippen MR) is 86.2 cm³/mol. The maximum atomic E-state index is 12.4. The van der Waals surface area contributed by atoms with Crippen molar-refractivity contribution in [2.75, 3.05) is 26.3 Å². The lowest BCUT2D eigenvalue weighted by Gasteiger charge is -2.26. The van der Waals surface area contributed by atoms with E-state index in [0.717, 1.165) is 24.2 Å². The summed E-state index contributed by atoms with van der Waals surface area (Å²) in [5.74, 6) is 1.08. The van der Waals surface area contributed by atoms with Crippen molar-refractivity contribution in [2.45, 2.75) is 38.6 Å². The van der Waals surface area contributed by atoms with Gasteiger partial charge in [-0.1, -0.05) is 31.5 Å². The number of para-hydroxylation sites is 1. The Balaban J connectivity index is 1.96. The number of carbonyl (C=O) groups excluding carboxylic acids is 1. The van der Waals surface area contributed by atoms with Crippen LogP contribution in [0, 0.1) is 0 Å². The number of urea groups is 1. The van der Waals surface area contributed by atoms with E-state index < -0.39 is 0 Å². The molecule has 2 rings (SSSR count). The van der Waals surface area contributed by atoms with E-state index in [9.17, 15) is 4.79 Å². The molecule has 0 spiro atoms. The van der Waals surface area contributed by atoms with Crippen molar-refractivity contribution in [1.29, 1.82) is 0 Å². The molecule has 1 aromatic rings. The van der Waals surface area contributed by atoms with Crippen LogP contribution in [0.4, 0.5) is 4.79 Å². The van der Waals surface area contributed by atoms with Crippen molar-refractivity contribution in [3.8, 4) is 5.75 Å². The third kappa shape index (κ3) is 3.91. The van der Waals surface area contributed by atoms with Gasteiger partial charge in [0.05, 0.1) is 13.2 Å². The summed E-state index contributed by atoms with van der Waals surface area (Å²) in [5, 5.41) is 12.2. The summed E-state index contributed by atoms with van der Waals surface area (Å²) in [5.41, 5.74) is 1.15. The fourth-order valence-electron chi connectivity index (χ4n) is 2.77. The molecule has 0 aromatic heterocycles. The van der Waals surface area contributed by atoms with Gasteiger partial charge in [0, 0.05) is 30.6 Å². The first-order chi connectivity index (χ1) is 10.7. The maximum absolute atomic E-state index is 12.4. The molecule has 0 saturated heterocycles. The highest BCUT2D eigenvalue weighted by Gasteiger charge is 2.30. The van der Waals surface area contributed by atoms with Crippen molar-refractivity contribution in [3.05, 3.63) is 29.8 Å². The number of aliphatic hydroxyl groups is 1. The maximum Gasteiger partial charge on any atom is 0.317 e. The number of aliphatic hydroxyl groups excluding tert-OH is 1. The predicted octanol–water partition coefficient (Wildman–Crippen LogP) is 2.36. The van der Waals surface area contributed by atoms with E-state index in [4.69, 9.17) is 9.84 Å². The van der Waals surface area contributed by atoms with Gasteiger partial charge in [-0.2, -0.15) is 0 Å². The third-order valence-electron chi connectivity index (χ3n) is 4.13. The van der Waals surface area contributed by atoms with Crippen LogP contribution in [0.1, 0.15) is 38.2 Å². The molecule has 0 radical (unpaired) electrons. The summed E-state index contributed by atoms with van der Waals surface area (Å²) in [4.78, 5) is 14.1. The molecule has 0 bridgehead atoms. The number of rotatable bonds is 7. The lowest BCUT2D eigenvalue weighted by Crippen LogP contribution is -2.47. The molecular weight excluding hydrogens is 280 g/mol. The van der Waals surface area contributed by atoms with E-state index in [1.54, 1.807) is 4.90 Å². The first-order valence-corrected chi connectivity index (χ1v) is 8.05. The van der Waals surface area contributed by atoms with Gasteiger partial charge in [0.1, 0.15) is 5.75 Å². The summed E-state index contributed by atoms with van der Waals surface area (Å²) >= 11 is 0. The zero-order valence-electron chi connectivity index (χ0n) is 13.4. The van der Waals surface area contributed by atoms with Crippen LogP contribution in [0.2, 0.25) is 0 Å². The molecule has 1 aromatic carbocycles. The molecule has 5 heteroatoms. The second-order valence-electron chi connectivity index (χ2n) is 5.76. The van der Waals surface area contributed by atoms with Gasteiger partial charge in [-0.25, -0.2) is 4.79 Å². The molecular formula is C17H26N2O3. The van der Waals surface area contributed by atoms with Gasteiger partial charge < -0.3 is 20.1 Å². The quantitative estimate of drug-likeness (QED) is 0.813. The van der Waals surface area contributed by atoms with Gasteiger partial charge in [0.25, 0.3) is 0 Å².